The molecule has 56 heavy (non-hydrogen) atoms. The second-order valence-corrected chi connectivity index (χ2v) is 14.2. The smallest absolute Gasteiger partial charge is 0.164 e. The number of fused-ring (bicyclic) bond motifs is 9. The van der Waals surface area contributed by atoms with Crippen LogP contribution < -0.4 is 4.74 Å². The van der Waals surface area contributed by atoms with Gasteiger partial charge in [0.05, 0.1) is 11.1 Å². The Labute approximate surface area is 324 Å². The molecule has 0 saturated carbocycles. The summed E-state index contributed by atoms with van der Waals surface area (Å²) in [6.45, 7) is 0. The number of rotatable bonds is 5. The van der Waals surface area contributed by atoms with Gasteiger partial charge in [0, 0.05) is 39.6 Å². The Kier molecular flexibility index (Phi) is 7.32. The predicted octanol–water partition coefficient (Wildman–Crippen LogP) is 12.1. The fourth-order valence-corrected chi connectivity index (χ4v) is 8.49. The lowest BCUT2D eigenvalue weighted by Gasteiger charge is -2.39. The van der Waals surface area contributed by atoms with Gasteiger partial charge in [0.2, 0.25) is 0 Å². The Morgan fingerprint density at radius 1 is 0.339 bits per heavy atom. The highest BCUT2D eigenvalue weighted by Crippen LogP contribution is 2.61. The van der Waals surface area contributed by atoms with Crippen LogP contribution in [-0.4, -0.2) is 19.9 Å². The Balaban J connectivity index is 1.01. The van der Waals surface area contributed by atoms with Crippen molar-refractivity contribution in [3.05, 3.63) is 217 Å². The van der Waals surface area contributed by atoms with Gasteiger partial charge < -0.3 is 4.74 Å². The van der Waals surface area contributed by atoms with E-state index in [4.69, 9.17) is 24.7 Å². The van der Waals surface area contributed by atoms with Crippen LogP contribution in [-0.2, 0) is 5.41 Å². The molecule has 5 heteroatoms. The third-order valence-corrected chi connectivity index (χ3v) is 11.1. The minimum atomic E-state index is -0.575. The molecule has 0 fully saturated rings. The van der Waals surface area contributed by atoms with Gasteiger partial charge in [0.1, 0.15) is 11.5 Å². The number of pyridine rings is 1. The van der Waals surface area contributed by atoms with Crippen molar-refractivity contribution in [3.8, 4) is 79.2 Å². The van der Waals surface area contributed by atoms with Gasteiger partial charge in [0.25, 0.3) is 0 Å². The highest BCUT2D eigenvalue weighted by atomic mass is 16.5. The first-order chi connectivity index (χ1) is 27.7. The molecule has 0 saturated heterocycles. The van der Waals surface area contributed by atoms with Crippen molar-refractivity contribution in [1.29, 1.82) is 0 Å². The summed E-state index contributed by atoms with van der Waals surface area (Å²) in [7, 11) is 0. The number of nitrogens with zero attached hydrogens (tertiary/aromatic N) is 4. The molecule has 0 N–H and O–H groups in total. The fourth-order valence-electron chi connectivity index (χ4n) is 8.49. The molecule has 9 aromatic rings. The standard InChI is InChI=1S/C51H32N4O/c1-3-12-33(13-4-1)34-21-25-37(26-22-34)49-53-48(36-14-5-2-6-15-36)54-50(55-49)38-27-23-35(24-28-38)39-29-30-40-44(32-39)51(43-18-11-31-52-47(40)43)41-16-7-9-19-45(41)56-46-20-10-8-17-42(46)51/h1-32H. The lowest BCUT2D eigenvalue weighted by atomic mass is 9.66. The summed E-state index contributed by atoms with van der Waals surface area (Å²) in [5, 5.41) is 0. The van der Waals surface area contributed by atoms with Crippen LogP contribution in [0.4, 0.5) is 0 Å². The van der Waals surface area contributed by atoms with Crippen LogP contribution in [0.15, 0.2) is 194 Å². The summed E-state index contributed by atoms with van der Waals surface area (Å²) in [5.41, 5.74) is 13.5. The van der Waals surface area contributed by atoms with E-state index >= 15 is 0 Å². The number of para-hydroxylation sites is 2. The van der Waals surface area contributed by atoms with Crippen molar-refractivity contribution in [2.45, 2.75) is 5.41 Å². The largest absolute Gasteiger partial charge is 0.457 e. The monoisotopic (exact) mass is 716 g/mol. The summed E-state index contributed by atoms with van der Waals surface area (Å²) in [6, 6.07) is 65.3. The third-order valence-electron chi connectivity index (χ3n) is 11.1. The first kappa shape index (κ1) is 32.0. The second-order valence-electron chi connectivity index (χ2n) is 14.2. The first-order valence-electron chi connectivity index (χ1n) is 18.8. The molecule has 1 aliphatic heterocycles. The molecule has 11 rings (SSSR count). The van der Waals surface area contributed by atoms with Gasteiger partial charge in [-0.2, -0.15) is 0 Å². The molecule has 0 bridgehead atoms. The van der Waals surface area contributed by atoms with Crippen LogP contribution in [0.1, 0.15) is 22.3 Å². The van der Waals surface area contributed by atoms with E-state index in [1.807, 2.05) is 60.8 Å². The summed E-state index contributed by atoms with van der Waals surface area (Å²) in [6.07, 6.45) is 1.89. The molecule has 2 aliphatic rings. The summed E-state index contributed by atoms with van der Waals surface area (Å²) >= 11 is 0. The molecule has 1 aliphatic carbocycles. The van der Waals surface area contributed by atoms with Crippen LogP contribution in [0.3, 0.4) is 0 Å². The second kappa shape index (κ2) is 12.8. The van der Waals surface area contributed by atoms with Crippen LogP contribution >= 0.6 is 0 Å². The van der Waals surface area contributed by atoms with E-state index in [-0.39, 0.29) is 0 Å². The Hall–Kier alpha value is -7.50. The number of aromatic nitrogens is 4. The topological polar surface area (TPSA) is 60.8 Å². The lowest BCUT2D eigenvalue weighted by molar-refractivity contribution is 0.436. The van der Waals surface area contributed by atoms with Crippen LogP contribution in [0.5, 0.6) is 11.5 Å². The summed E-state index contributed by atoms with van der Waals surface area (Å²) in [5.74, 6) is 3.62. The van der Waals surface area contributed by atoms with Gasteiger partial charge in [-0.05, 0) is 57.6 Å². The van der Waals surface area contributed by atoms with Crippen molar-refractivity contribution < 1.29 is 4.74 Å². The number of ether oxygens (including phenoxy) is 1. The molecular weight excluding hydrogens is 685 g/mol. The highest BCUT2D eigenvalue weighted by molar-refractivity contribution is 5.88. The zero-order valence-corrected chi connectivity index (χ0v) is 30.2. The average Bonchev–Trinajstić information content (AvgIpc) is 3.57. The van der Waals surface area contributed by atoms with E-state index in [0.29, 0.717) is 17.5 Å². The predicted molar refractivity (Wildman–Crippen MR) is 222 cm³/mol. The molecule has 5 nitrogen and oxygen atoms in total. The first-order valence-corrected chi connectivity index (χ1v) is 18.8. The fraction of sp³-hybridized carbons (Fsp3) is 0.0196. The van der Waals surface area contributed by atoms with E-state index in [1.54, 1.807) is 0 Å². The molecule has 3 heterocycles. The minimum Gasteiger partial charge on any atom is -0.457 e. The molecule has 0 atom stereocenters. The maximum Gasteiger partial charge on any atom is 0.164 e. The van der Waals surface area contributed by atoms with Gasteiger partial charge in [-0.25, -0.2) is 15.0 Å². The summed E-state index contributed by atoms with van der Waals surface area (Å²) in [4.78, 5) is 19.9. The maximum absolute atomic E-state index is 6.52. The van der Waals surface area contributed by atoms with Crippen LogP contribution in [0, 0.1) is 0 Å². The Bertz CT molecular complexity index is 2880. The van der Waals surface area contributed by atoms with Gasteiger partial charge >= 0.3 is 0 Å². The molecule has 7 aromatic carbocycles. The van der Waals surface area contributed by atoms with Crippen LogP contribution in [0.25, 0.3) is 67.7 Å². The number of hydrogen-bond donors (Lipinski definition) is 0. The maximum atomic E-state index is 6.52. The van der Waals surface area contributed by atoms with Gasteiger partial charge in [-0.3, -0.25) is 4.98 Å². The normalized spacial score (nSPS) is 12.9. The summed E-state index contributed by atoms with van der Waals surface area (Å²) < 4.78 is 6.52. The molecule has 0 radical (unpaired) electrons. The lowest BCUT2D eigenvalue weighted by Crippen LogP contribution is -2.32. The van der Waals surface area contributed by atoms with E-state index < -0.39 is 5.41 Å². The van der Waals surface area contributed by atoms with Crippen molar-refractivity contribution in [1.82, 2.24) is 19.9 Å². The van der Waals surface area contributed by atoms with E-state index in [0.717, 1.165) is 67.3 Å². The molecular formula is C51H32N4O. The minimum absolute atomic E-state index is 0.575. The van der Waals surface area contributed by atoms with Crippen molar-refractivity contribution >= 4 is 0 Å². The zero-order chi connectivity index (χ0) is 37.1. The average molecular weight is 717 g/mol. The van der Waals surface area contributed by atoms with E-state index in [9.17, 15) is 0 Å². The molecule has 0 unspecified atom stereocenters. The molecule has 262 valence electrons. The van der Waals surface area contributed by atoms with Crippen molar-refractivity contribution in [2.24, 2.45) is 0 Å². The number of hydrogen-bond acceptors (Lipinski definition) is 5. The highest BCUT2D eigenvalue weighted by Gasteiger charge is 2.51. The van der Waals surface area contributed by atoms with Crippen molar-refractivity contribution in [3.63, 3.8) is 0 Å². The Morgan fingerprint density at radius 2 is 0.768 bits per heavy atom. The van der Waals surface area contributed by atoms with E-state index in [2.05, 4.69) is 133 Å². The van der Waals surface area contributed by atoms with Crippen LogP contribution in [0.2, 0.25) is 0 Å². The number of benzene rings is 7. The molecule has 2 aromatic heterocycles. The van der Waals surface area contributed by atoms with Crippen molar-refractivity contribution in [2.75, 3.05) is 0 Å². The van der Waals surface area contributed by atoms with E-state index in [1.165, 1.54) is 16.7 Å². The van der Waals surface area contributed by atoms with Gasteiger partial charge in [-0.15, -0.1) is 0 Å². The molecule has 0 amide bonds. The quantitative estimate of drug-likeness (QED) is 0.177. The molecule has 1 spiro atoms. The van der Waals surface area contributed by atoms with Gasteiger partial charge in [0.15, 0.2) is 17.5 Å². The van der Waals surface area contributed by atoms with Gasteiger partial charge in [-0.1, -0.05) is 164 Å². The Morgan fingerprint density at radius 3 is 1.36 bits per heavy atom. The third kappa shape index (κ3) is 5.02. The zero-order valence-electron chi connectivity index (χ0n) is 30.2. The SMILES string of the molecule is c1ccc(-c2ccc(-c3nc(-c4ccccc4)nc(-c4ccc(-c5ccc6c(c5)C5(c7ccccc7Oc7ccccc75)c5cccnc5-6)cc4)n3)cc2)cc1.